The first-order valence-electron chi connectivity index (χ1n) is 7.77. The number of esters is 1. The lowest BCUT2D eigenvalue weighted by atomic mass is 9.83. The highest BCUT2D eigenvalue weighted by Gasteiger charge is 2.32. The SMILES string of the molecule is CCOC(=O)c1cc(N)cnc1NCC1(CC)CCCC1. The Balaban J connectivity index is 2.13. The van der Waals surface area contributed by atoms with E-state index in [-0.39, 0.29) is 5.97 Å². The van der Waals surface area contributed by atoms with Crippen molar-refractivity contribution in [2.24, 2.45) is 5.41 Å². The fourth-order valence-corrected chi connectivity index (χ4v) is 3.04. The van der Waals surface area contributed by atoms with E-state index in [1.165, 1.54) is 25.7 Å². The third-order valence-corrected chi connectivity index (χ3v) is 4.45. The van der Waals surface area contributed by atoms with Gasteiger partial charge in [-0.2, -0.15) is 0 Å². The van der Waals surface area contributed by atoms with Crippen LogP contribution in [0.25, 0.3) is 0 Å². The second-order valence-corrected chi connectivity index (χ2v) is 5.80. The van der Waals surface area contributed by atoms with Gasteiger partial charge in [-0.3, -0.25) is 0 Å². The lowest BCUT2D eigenvalue weighted by Crippen LogP contribution is -2.27. The third-order valence-electron chi connectivity index (χ3n) is 4.45. The Morgan fingerprint density at radius 2 is 2.14 bits per heavy atom. The van der Waals surface area contributed by atoms with Gasteiger partial charge >= 0.3 is 5.97 Å². The number of ether oxygens (including phenoxy) is 1. The maximum Gasteiger partial charge on any atom is 0.341 e. The summed E-state index contributed by atoms with van der Waals surface area (Å²) in [5, 5.41) is 3.35. The average Bonchev–Trinajstić information content (AvgIpc) is 2.95. The molecule has 3 N–H and O–H groups in total. The van der Waals surface area contributed by atoms with Crippen LogP contribution in [0.15, 0.2) is 12.3 Å². The van der Waals surface area contributed by atoms with Gasteiger partial charge in [-0.05, 0) is 37.7 Å². The Morgan fingerprint density at radius 3 is 2.76 bits per heavy atom. The van der Waals surface area contributed by atoms with Crippen LogP contribution in [0.2, 0.25) is 0 Å². The molecule has 0 saturated heterocycles. The number of pyridine rings is 1. The lowest BCUT2D eigenvalue weighted by molar-refractivity contribution is 0.0527. The van der Waals surface area contributed by atoms with Gasteiger partial charge < -0.3 is 15.8 Å². The van der Waals surface area contributed by atoms with E-state index in [4.69, 9.17) is 10.5 Å². The molecule has 0 amide bonds. The van der Waals surface area contributed by atoms with Crippen molar-refractivity contribution in [1.82, 2.24) is 4.98 Å². The molecule has 1 aromatic rings. The second kappa shape index (κ2) is 6.78. The van der Waals surface area contributed by atoms with Gasteiger partial charge in [0.2, 0.25) is 0 Å². The first-order valence-corrected chi connectivity index (χ1v) is 7.77. The van der Waals surface area contributed by atoms with Crippen molar-refractivity contribution in [3.63, 3.8) is 0 Å². The summed E-state index contributed by atoms with van der Waals surface area (Å²) >= 11 is 0. The van der Waals surface area contributed by atoms with E-state index in [1.54, 1.807) is 19.2 Å². The summed E-state index contributed by atoms with van der Waals surface area (Å²) in [6.07, 6.45) is 7.76. The standard InChI is InChI=1S/C16H25N3O2/c1-3-16(7-5-6-8-16)11-19-14-13(15(20)21-4-2)9-12(17)10-18-14/h9-10H,3-8,11,17H2,1-2H3,(H,18,19). The predicted molar refractivity (Wildman–Crippen MR) is 84.3 cm³/mol. The van der Waals surface area contributed by atoms with Gasteiger partial charge in [0.05, 0.1) is 18.5 Å². The molecule has 1 aliphatic carbocycles. The Bertz CT molecular complexity index is 496. The first-order chi connectivity index (χ1) is 10.1. The summed E-state index contributed by atoms with van der Waals surface area (Å²) < 4.78 is 5.07. The van der Waals surface area contributed by atoms with Gasteiger partial charge in [0.25, 0.3) is 0 Å². The predicted octanol–water partition coefficient (Wildman–Crippen LogP) is 3.22. The molecule has 0 atom stereocenters. The molecule has 5 heteroatoms. The number of carbonyl (C=O) groups is 1. The number of nitrogens with two attached hydrogens (primary N) is 1. The zero-order chi connectivity index (χ0) is 15.3. The minimum Gasteiger partial charge on any atom is -0.462 e. The summed E-state index contributed by atoms with van der Waals surface area (Å²) in [6.45, 7) is 5.20. The number of nitrogens with zero attached hydrogens (tertiary/aromatic N) is 1. The zero-order valence-electron chi connectivity index (χ0n) is 12.9. The number of hydrogen-bond acceptors (Lipinski definition) is 5. The Hall–Kier alpha value is -1.78. The Kier molecular flexibility index (Phi) is 5.04. The highest BCUT2D eigenvalue weighted by molar-refractivity contribution is 5.95. The highest BCUT2D eigenvalue weighted by Crippen LogP contribution is 2.41. The van der Waals surface area contributed by atoms with Crippen LogP contribution in [0.3, 0.4) is 0 Å². The van der Waals surface area contributed by atoms with Crippen LogP contribution in [-0.4, -0.2) is 24.1 Å². The minimum atomic E-state index is -0.378. The fraction of sp³-hybridized carbons (Fsp3) is 0.625. The first kappa shape index (κ1) is 15.6. The van der Waals surface area contributed by atoms with E-state index in [1.807, 2.05) is 0 Å². The van der Waals surface area contributed by atoms with Crippen LogP contribution in [0, 0.1) is 5.41 Å². The molecule has 5 nitrogen and oxygen atoms in total. The number of hydrogen-bond donors (Lipinski definition) is 2. The van der Waals surface area contributed by atoms with Crippen LogP contribution < -0.4 is 11.1 Å². The molecule has 1 fully saturated rings. The quantitative estimate of drug-likeness (QED) is 0.787. The molecule has 1 heterocycles. The Labute approximate surface area is 126 Å². The Morgan fingerprint density at radius 1 is 1.43 bits per heavy atom. The van der Waals surface area contributed by atoms with Crippen molar-refractivity contribution in [2.45, 2.75) is 46.0 Å². The minimum absolute atomic E-state index is 0.328. The van der Waals surface area contributed by atoms with E-state index >= 15 is 0 Å². The molecule has 2 rings (SSSR count). The van der Waals surface area contributed by atoms with Gasteiger partial charge in [-0.15, -0.1) is 0 Å². The fourth-order valence-electron chi connectivity index (χ4n) is 3.04. The molecule has 1 aromatic heterocycles. The zero-order valence-corrected chi connectivity index (χ0v) is 12.9. The van der Waals surface area contributed by atoms with Crippen LogP contribution in [0.1, 0.15) is 56.3 Å². The molecule has 0 spiro atoms. The maximum atomic E-state index is 12.0. The van der Waals surface area contributed by atoms with Crippen molar-refractivity contribution in [1.29, 1.82) is 0 Å². The van der Waals surface area contributed by atoms with Crippen molar-refractivity contribution < 1.29 is 9.53 Å². The molecular weight excluding hydrogens is 266 g/mol. The smallest absolute Gasteiger partial charge is 0.341 e. The normalized spacial score (nSPS) is 16.7. The molecule has 0 aromatic carbocycles. The van der Waals surface area contributed by atoms with Crippen LogP contribution >= 0.6 is 0 Å². The number of aromatic nitrogens is 1. The largest absolute Gasteiger partial charge is 0.462 e. The molecule has 0 unspecified atom stereocenters. The topological polar surface area (TPSA) is 77.2 Å². The summed E-state index contributed by atoms with van der Waals surface area (Å²) in [5.74, 6) is 0.194. The number of carbonyl (C=O) groups excluding carboxylic acids is 1. The van der Waals surface area contributed by atoms with E-state index in [9.17, 15) is 4.79 Å². The van der Waals surface area contributed by atoms with Gasteiger partial charge in [0.15, 0.2) is 0 Å². The molecule has 0 aliphatic heterocycles. The molecule has 1 aliphatic rings. The van der Waals surface area contributed by atoms with E-state index in [2.05, 4.69) is 17.2 Å². The van der Waals surface area contributed by atoms with Crippen LogP contribution in [-0.2, 0) is 4.74 Å². The lowest BCUT2D eigenvalue weighted by Gasteiger charge is -2.28. The van der Waals surface area contributed by atoms with Gasteiger partial charge in [-0.25, -0.2) is 9.78 Å². The molecule has 116 valence electrons. The summed E-state index contributed by atoms with van der Waals surface area (Å²) in [4.78, 5) is 16.3. The average molecular weight is 291 g/mol. The van der Waals surface area contributed by atoms with E-state index < -0.39 is 0 Å². The molecular formula is C16H25N3O2. The van der Waals surface area contributed by atoms with E-state index in [0.717, 1.165) is 13.0 Å². The summed E-state index contributed by atoms with van der Waals surface area (Å²) in [5.41, 5.74) is 6.95. The third kappa shape index (κ3) is 3.65. The van der Waals surface area contributed by atoms with Crippen LogP contribution in [0.4, 0.5) is 11.5 Å². The van der Waals surface area contributed by atoms with Crippen molar-refractivity contribution in [2.75, 3.05) is 24.2 Å². The molecule has 0 bridgehead atoms. The number of rotatable bonds is 6. The number of nitrogens with one attached hydrogen (secondary N) is 1. The van der Waals surface area contributed by atoms with E-state index in [0.29, 0.717) is 29.1 Å². The monoisotopic (exact) mass is 291 g/mol. The molecule has 0 radical (unpaired) electrons. The second-order valence-electron chi connectivity index (χ2n) is 5.80. The summed E-state index contributed by atoms with van der Waals surface area (Å²) in [6, 6.07) is 1.63. The number of nitrogen functional groups attached to an aromatic ring is 1. The van der Waals surface area contributed by atoms with Crippen molar-refractivity contribution in [3.05, 3.63) is 17.8 Å². The van der Waals surface area contributed by atoms with Gasteiger partial charge in [0.1, 0.15) is 11.4 Å². The van der Waals surface area contributed by atoms with Gasteiger partial charge in [-0.1, -0.05) is 19.8 Å². The molecule has 1 saturated carbocycles. The summed E-state index contributed by atoms with van der Waals surface area (Å²) in [7, 11) is 0. The maximum absolute atomic E-state index is 12.0. The molecule has 21 heavy (non-hydrogen) atoms. The number of anilines is 2. The highest BCUT2D eigenvalue weighted by atomic mass is 16.5. The van der Waals surface area contributed by atoms with Crippen molar-refractivity contribution in [3.8, 4) is 0 Å². The van der Waals surface area contributed by atoms with Crippen molar-refractivity contribution >= 4 is 17.5 Å². The van der Waals surface area contributed by atoms with Crippen LogP contribution in [0.5, 0.6) is 0 Å². The van der Waals surface area contributed by atoms with Gasteiger partial charge in [0, 0.05) is 6.54 Å².